The van der Waals surface area contributed by atoms with Crippen LogP contribution in [0.15, 0.2) is 54.6 Å². The molecule has 2 atom stereocenters. The second-order valence-electron chi connectivity index (χ2n) is 4.90. The summed E-state index contributed by atoms with van der Waals surface area (Å²) in [6, 6.07) is 16.9. The molecule has 0 radical (unpaired) electrons. The van der Waals surface area contributed by atoms with Gasteiger partial charge in [0.1, 0.15) is 23.7 Å². The molecule has 4 heteroatoms. The van der Waals surface area contributed by atoms with Crippen molar-refractivity contribution in [3.63, 3.8) is 0 Å². The molecule has 0 amide bonds. The Morgan fingerprint density at radius 1 is 1.00 bits per heavy atom. The maximum Gasteiger partial charge on any atom is 0.152 e. The van der Waals surface area contributed by atoms with Gasteiger partial charge in [-0.15, -0.1) is 0 Å². The lowest BCUT2D eigenvalue weighted by atomic mass is 10.2. The van der Waals surface area contributed by atoms with Gasteiger partial charge in [-0.05, 0) is 36.8 Å². The summed E-state index contributed by atoms with van der Waals surface area (Å²) >= 11 is 0. The molecule has 2 aromatic carbocycles. The van der Waals surface area contributed by atoms with Gasteiger partial charge in [-0.1, -0.05) is 30.3 Å². The van der Waals surface area contributed by atoms with Crippen LogP contribution in [-0.2, 0) is 16.1 Å². The first-order valence-corrected chi connectivity index (χ1v) is 7.14. The van der Waals surface area contributed by atoms with Crippen LogP contribution in [0.25, 0.3) is 0 Å². The van der Waals surface area contributed by atoms with Gasteiger partial charge in [-0.3, -0.25) is 0 Å². The molecule has 0 aliphatic carbocycles. The summed E-state index contributed by atoms with van der Waals surface area (Å²) in [6.45, 7) is 2.16. The van der Waals surface area contributed by atoms with Gasteiger partial charge in [0.2, 0.25) is 0 Å². The molecule has 2 unspecified atom stereocenters. The number of hydrogen-bond donors (Lipinski definition) is 0. The predicted molar refractivity (Wildman–Crippen MR) is 84.2 cm³/mol. The smallest absolute Gasteiger partial charge is 0.152 e. The molecular weight excluding hydrogens is 280 g/mol. The molecule has 0 saturated carbocycles. The van der Waals surface area contributed by atoms with Crippen LogP contribution in [0, 0.1) is 0 Å². The second-order valence-corrected chi connectivity index (χ2v) is 4.90. The number of rotatable bonds is 8. The summed E-state index contributed by atoms with van der Waals surface area (Å²) in [5, 5.41) is 0. The van der Waals surface area contributed by atoms with Crippen LogP contribution in [0.3, 0.4) is 0 Å². The third kappa shape index (κ3) is 4.60. The largest absolute Gasteiger partial charge is 0.497 e. The minimum absolute atomic E-state index is 0.343. The molecule has 22 heavy (non-hydrogen) atoms. The fourth-order valence-electron chi connectivity index (χ4n) is 1.98. The van der Waals surface area contributed by atoms with E-state index in [1.165, 1.54) is 0 Å². The zero-order chi connectivity index (χ0) is 15.8. The molecule has 0 saturated heterocycles. The van der Waals surface area contributed by atoms with E-state index in [1.54, 1.807) is 7.11 Å². The summed E-state index contributed by atoms with van der Waals surface area (Å²) in [7, 11) is 1.62. The molecule has 0 N–H and O–H groups in total. The van der Waals surface area contributed by atoms with E-state index in [4.69, 9.17) is 14.2 Å². The number of ether oxygens (including phenoxy) is 3. The number of aldehydes is 1. The Morgan fingerprint density at radius 3 is 2.27 bits per heavy atom. The lowest BCUT2D eigenvalue weighted by Crippen LogP contribution is -2.32. The Labute approximate surface area is 130 Å². The Bertz CT molecular complexity index is 565. The first-order chi connectivity index (χ1) is 10.7. The summed E-state index contributed by atoms with van der Waals surface area (Å²) < 4.78 is 16.5. The molecule has 0 fully saturated rings. The van der Waals surface area contributed by atoms with E-state index >= 15 is 0 Å². The van der Waals surface area contributed by atoms with Crippen LogP contribution in [0.2, 0.25) is 0 Å². The van der Waals surface area contributed by atoms with Gasteiger partial charge in [0.15, 0.2) is 6.29 Å². The van der Waals surface area contributed by atoms with Crippen LogP contribution in [-0.4, -0.2) is 25.6 Å². The van der Waals surface area contributed by atoms with E-state index in [2.05, 4.69) is 0 Å². The molecule has 116 valence electrons. The molecule has 0 aromatic heterocycles. The monoisotopic (exact) mass is 300 g/mol. The first-order valence-electron chi connectivity index (χ1n) is 7.14. The van der Waals surface area contributed by atoms with E-state index in [0.717, 1.165) is 23.3 Å². The molecule has 0 aliphatic rings. The fourth-order valence-corrected chi connectivity index (χ4v) is 1.98. The molecular formula is C18H20O4. The van der Waals surface area contributed by atoms with Crippen LogP contribution in [0.1, 0.15) is 12.5 Å². The van der Waals surface area contributed by atoms with Gasteiger partial charge in [0, 0.05) is 0 Å². The molecule has 2 aromatic rings. The van der Waals surface area contributed by atoms with E-state index in [0.29, 0.717) is 6.61 Å². The quantitative estimate of drug-likeness (QED) is 0.702. The highest BCUT2D eigenvalue weighted by Crippen LogP contribution is 2.16. The normalized spacial score (nSPS) is 13.2. The lowest BCUT2D eigenvalue weighted by Gasteiger charge is -2.21. The number of hydrogen-bond acceptors (Lipinski definition) is 4. The SMILES string of the molecule is COc1ccc(COC(C=O)C(C)Oc2ccccc2)cc1. The maximum atomic E-state index is 11.2. The van der Waals surface area contributed by atoms with Gasteiger partial charge >= 0.3 is 0 Å². The fraction of sp³-hybridized carbons (Fsp3) is 0.278. The molecule has 2 rings (SSSR count). The second kappa shape index (κ2) is 8.20. The minimum Gasteiger partial charge on any atom is -0.497 e. The Morgan fingerprint density at radius 2 is 1.68 bits per heavy atom. The first kappa shape index (κ1) is 16.0. The number of methoxy groups -OCH3 is 1. The Balaban J connectivity index is 1.89. The molecule has 0 heterocycles. The van der Waals surface area contributed by atoms with Crippen molar-refractivity contribution in [3.05, 3.63) is 60.2 Å². The van der Waals surface area contributed by atoms with Crippen LogP contribution in [0.5, 0.6) is 11.5 Å². The topological polar surface area (TPSA) is 44.8 Å². The van der Waals surface area contributed by atoms with Gasteiger partial charge in [-0.25, -0.2) is 0 Å². The third-order valence-electron chi connectivity index (χ3n) is 3.26. The highest BCUT2D eigenvalue weighted by Gasteiger charge is 2.19. The van der Waals surface area contributed by atoms with E-state index in [-0.39, 0.29) is 6.10 Å². The van der Waals surface area contributed by atoms with Crippen molar-refractivity contribution in [2.24, 2.45) is 0 Å². The zero-order valence-corrected chi connectivity index (χ0v) is 12.8. The third-order valence-corrected chi connectivity index (χ3v) is 3.26. The Hall–Kier alpha value is -2.33. The van der Waals surface area contributed by atoms with Gasteiger partial charge in [-0.2, -0.15) is 0 Å². The van der Waals surface area contributed by atoms with Crippen LogP contribution < -0.4 is 9.47 Å². The summed E-state index contributed by atoms with van der Waals surface area (Å²) in [6.07, 6.45) is -0.211. The number of carbonyl (C=O) groups is 1. The summed E-state index contributed by atoms with van der Waals surface area (Å²) in [5.74, 6) is 1.51. The lowest BCUT2D eigenvalue weighted by molar-refractivity contribution is -0.124. The van der Waals surface area contributed by atoms with Crippen LogP contribution in [0.4, 0.5) is 0 Å². The number of para-hydroxylation sites is 1. The van der Waals surface area contributed by atoms with Crippen molar-refractivity contribution >= 4 is 6.29 Å². The summed E-state index contributed by atoms with van der Waals surface area (Å²) in [4.78, 5) is 11.2. The maximum absolute atomic E-state index is 11.2. The average Bonchev–Trinajstić information content (AvgIpc) is 2.57. The van der Waals surface area contributed by atoms with E-state index < -0.39 is 6.10 Å². The highest BCUT2D eigenvalue weighted by atomic mass is 16.5. The number of benzene rings is 2. The summed E-state index contributed by atoms with van der Waals surface area (Å²) in [5.41, 5.74) is 0.972. The molecule has 0 aliphatic heterocycles. The van der Waals surface area contributed by atoms with Crippen molar-refractivity contribution in [2.45, 2.75) is 25.7 Å². The predicted octanol–water partition coefficient (Wildman–Crippen LogP) is 3.25. The molecule has 4 nitrogen and oxygen atoms in total. The van der Waals surface area contributed by atoms with E-state index in [1.807, 2.05) is 61.5 Å². The average molecular weight is 300 g/mol. The van der Waals surface area contributed by atoms with Gasteiger partial charge < -0.3 is 19.0 Å². The van der Waals surface area contributed by atoms with E-state index in [9.17, 15) is 4.79 Å². The zero-order valence-electron chi connectivity index (χ0n) is 12.8. The molecule has 0 spiro atoms. The Kier molecular flexibility index (Phi) is 5.98. The highest BCUT2D eigenvalue weighted by molar-refractivity contribution is 5.57. The van der Waals surface area contributed by atoms with Crippen molar-refractivity contribution in [3.8, 4) is 11.5 Å². The van der Waals surface area contributed by atoms with Crippen molar-refractivity contribution in [1.29, 1.82) is 0 Å². The van der Waals surface area contributed by atoms with Crippen LogP contribution >= 0.6 is 0 Å². The van der Waals surface area contributed by atoms with Crippen molar-refractivity contribution in [2.75, 3.05) is 7.11 Å². The van der Waals surface area contributed by atoms with Gasteiger partial charge in [0.05, 0.1) is 13.7 Å². The molecule has 0 bridgehead atoms. The number of carbonyl (C=O) groups excluding carboxylic acids is 1. The van der Waals surface area contributed by atoms with Gasteiger partial charge in [0.25, 0.3) is 0 Å². The minimum atomic E-state index is -0.623. The van der Waals surface area contributed by atoms with Crippen molar-refractivity contribution in [1.82, 2.24) is 0 Å². The standard InChI is InChI=1S/C18H20O4/c1-14(22-17-6-4-3-5-7-17)18(12-19)21-13-15-8-10-16(20-2)11-9-15/h3-12,14,18H,13H2,1-2H3. The van der Waals surface area contributed by atoms with Crippen molar-refractivity contribution < 1.29 is 19.0 Å².